The molecule has 0 spiro atoms. The van der Waals surface area contributed by atoms with E-state index in [1.165, 1.54) is 4.31 Å². The molecule has 2 aliphatic rings. The lowest BCUT2D eigenvalue weighted by molar-refractivity contribution is -0.160. The second-order valence-corrected chi connectivity index (χ2v) is 16.2. The molecule has 3 aromatic rings. The van der Waals surface area contributed by atoms with Gasteiger partial charge in [-0.05, 0) is 78.7 Å². The molecule has 0 aromatic heterocycles. The molecule has 264 valence electrons. The number of nitrogens with zero attached hydrogens (tertiary/aromatic N) is 2. The van der Waals surface area contributed by atoms with E-state index in [1.54, 1.807) is 31.2 Å². The average Bonchev–Trinajstić information content (AvgIpc) is 3.06. The number of piperazine rings is 1. The summed E-state index contributed by atoms with van der Waals surface area (Å²) < 4.78 is 45.3. The third-order valence-electron chi connectivity index (χ3n) is 8.86. The van der Waals surface area contributed by atoms with E-state index in [0.717, 1.165) is 28.5 Å². The van der Waals surface area contributed by atoms with Gasteiger partial charge in [-0.1, -0.05) is 75.0 Å². The Morgan fingerprint density at radius 1 is 1.00 bits per heavy atom. The molecule has 12 heteroatoms. The molecule has 0 radical (unpaired) electrons. The predicted octanol–water partition coefficient (Wildman–Crippen LogP) is 5.87. The number of benzene rings is 3. The predicted molar refractivity (Wildman–Crippen MR) is 190 cm³/mol. The van der Waals surface area contributed by atoms with Crippen molar-refractivity contribution < 1.29 is 37.1 Å². The van der Waals surface area contributed by atoms with Gasteiger partial charge in [0.25, 0.3) is 0 Å². The first-order chi connectivity index (χ1) is 23.2. The highest BCUT2D eigenvalue weighted by Gasteiger charge is 2.44. The van der Waals surface area contributed by atoms with E-state index in [-0.39, 0.29) is 36.0 Å². The molecule has 0 saturated carbocycles. The van der Waals surface area contributed by atoms with Crippen LogP contribution >= 0.6 is 11.8 Å². The molecule has 5 rings (SSSR count). The molecule has 1 unspecified atom stereocenters. The number of aryl methyl sites for hydroxylation is 2. The van der Waals surface area contributed by atoms with Gasteiger partial charge in [0.2, 0.25) is 0 Å². The Morgan fingerprint density at radius 3 is 2.29 bits per heavy atom. The maximum atomic E-state index is 13.9. The fraction of sp³-hybridized carbons (Fsp3) is 0.432. The van der Waals surface area contributed by atoms with Gasteiger partial charge in [0.1, 0.15) is 34.4 Å². The van der Waals surface area contributed by atoms with Crippen LogP contribution in [0.1, 0.15) is 55.9 Å². The fourth-order valence-corrected chi connectivity index (χ4v) is 8.36. The van der Waals surface area contributed by atoms with Gasteiger partial charge in [-0.2, -0.15) is 12.7 Å². The molecule has 0 aliphatic carbocycles. The SMILES string of the molecule is Cc1cc(SC2=C(O)CC(CCc3ccccc3)(c3ccc(OCCO)cc3)OC2=O)c(C(C)(C)C)cc1OS(=O)(=O)N1CCN(C)CC1. The maximum Gasteiger partial charge on any atom is 0.385 e. The Morgan fingerprint density at radius 2 is 1.67 bits per heavy atom. The average molecular weight is 711 g/mol. The molecule has 10 nitrogen and oxygen atoms in total. The van der Waals surface area contributed by atoms with E-state index < -0.39 is 27.3 Å². The van der Waals surface area contributed by atoms with Crippen LogP contribution in [0.15, 0.2) is 82.3 Å². The monoisotopic (exact) mass is 710 g/mol. The lowest BCUT2D eigenvalue weighted by Gasteiger charge is -2.38. The Hall–Kier alpha value is -3.55. The number of ether oxygens (including phenoxy) is 2. The summed E-state index contributed by atoms with van der Waals surface area (Å²) >= 11 is 1.12. The molecule has 2 aliphatic heterocycles. The number of likely N-dealkylation sites (N-methyl/N-ethyl adjacent to an activating group) is 1. The number of hydrogen-bond donors (Lipinski definition) is 2. The Kier molecular flexibility index (Phi) is 11.3. The van der Waals surface area contributed by atoms with Gasteiger partial charge in [0.15, 0.2) is 0 Å². The molecule has 0 amide bonds. The summed E-state index contributed by atoms with van der Waals surface area (Å²) in [5, 5.41) is 20.7. The van der Waals surface area contributed by atoms with Gasteiger partial charge in [-0.25, -0.2) is 4.79 Å². The van der Waals surface area contributed by atoms with Crippen molar-refractivity contribution in [2.75, 3.05) is 46.4 Å². The second-order valence-electron chi connectivity index (χ2n) is 13.6. The number of esters is 1. The summed E-state index contributed by atoms with van der Waals surface area (Å²) in [7, 11) is -2.06. The summed E-state index contributed by atoms with van der Waals surface area (Å²) in [6.45, 7) is 9.75. The first-order valence-electron chi connectivity index (χ1n) is 16.5. The van der Waals surface area contributed by atoms with Crippen LogP contribution in [0.4, 0.5) is 0 Å². The highest BCUT2D eigenvalue weighted by Crippen LogP contribution is 2.47. The normalized spacial score (nSPS) is 19.5. The number of hydrogen-bond acceptors (Lipinski definition) is 10. The highest BCUT2D eigenvalue weighted by molar-refractivity contribution is 8.04. The number of carbonyl (C=O) groups is 1. The van der Waals surface area contributed by atoms with Crippen LogP contribution in [-0.2, 0) is 37.3 Å². The Bertz CT molecular complexity index is 1760. The number of carbonyl (C=O) groups excluding carboxylic acids is 1. The number of rotatable bonds is 12. The highest BCUT2D eigenvalue weighted by atomic mass is 32.2. The first kappa shape index (κ1) is 36.7. The van der Waals surface area contributed by atoms with Crippen molar-refractivity contribution in [1.29, 1.82) is 0 Å². The standard InChI is InChI=1S/C37H46N2O8S2/c1-26-23-33(30(36(2,3)4)24-32(26)47-49(43,44)39-19-17-38(5)18-20-39)48-34-31(41)25-37(46-35(34)42,16-15-27-9-7-6-8-10-27)28-11-13-29(14-12-28)45-22-21-40/h6-14,23-24,40-41H,15-22,25H2,1-5H3. The van der Waals surface area contributed by atoms with Crippen molar-refractivity contribution >= 4 is 28.0 Å². The Labute approximate surface area is 293 Å². The molecule has 0 bridgehead atoms. The number of thioether (sulfide) groups is 1. The maximum absolute atomic E-state index is 13.9. The van der Waals surface area contributed by atoms with Gasteiger partial charge < -0.3 is 28.8 Å². The van der Waals surface area contributed by atoms with E-state index >= 15 is 0 Å². The molecule has 2 heterocycles. The van der Waals surface area contributed by atoms with E-state index in [2.05, 4.69) is 4.90 Å². The lowest BCUT2D eigenvalue weighted by atomic mass is 9.82. The second kappa shape index (κ2) is 15.1. The minimum absolute atomic E-state index is 0.0685. The first-order valence-corrected chi connectivity index (χ1v) is 18.6. The van der Waals surface area contributed by atoms with Crippen LogP contribution < -0.4 is 8.92 Å². The van der Waals surface area contributed by atoms with Crippen molar-refractivity contribution in [3.05, 3.63) is 99.6 Å². The van der Waals surface area contributed by atoms with Gasteiger partial charge in [0, 0.05) is 31.1 Å². The van der Waals surface area contributed by atoms with Crippen molar-refractivity contribution in [2.24, 2.45) is 0 Å². The zero-order valence-electron chi connectivity index (χ0n) is 28.8. The quantitative estimate of drug-likeness (QED) is 0.221. The van der Waals surface area contributed by atoms with Crippen LogP contribution in [0.3, 0.4) is 0 Å². The molecule has 1 saturated heterocycles. The van der Waals surface area contributed by atoms with Crippen LogP contribution in [0.25, 0.3) is 0 Å². The van der Waals surface area contributed by atoms with Crippen molar-refractivity contribution in [2.45, 2.75) is 62.9 Å². The minimum atomic E-state index is -4.02. The fourth-order valence-electron chi connectivity index (χ4n) is 5.99. The lowest BCUT2D eigenvalue weighted by Crippen LogP contribution is -2.48. The molecular formula is C37H46N2O8S2. The zero-order chi connectivity index (χ0) is 35.4. The number of aliphatic hydroxyl groups excluding tert-OH is 2. The van der Waals surface area contributed by atoms with Crippen molar-refractivity contribution in [3.8, 4) is 11.5 Å². The third kappa shape index (κ3) is 8.79. The summed E-state index contributed by atoms with van der Waals surface area (Å²) in [6, 6.07) is 20.6. The van der Waals surface area contributed by atoms with Crippen LogP contribution in [0.5, 0.6) is 11.5 Å². The van der Waals surface area contributed by atoms with Crippen molar-refractivity contribution in [1.82, 2.24) is 9.21 Å². The molecule has 2 N–H and O–H groups in total. The molecule has 3 aromatic carbocycles. The van der Waals surface area contributed by atoms with Crippen LogP contribution in [0, 0.1) is 6.92 Å². The van der Waals surface area contributed by atoms with Crippen molar-refractivity contribution in [3.63, 3.8) is 0 Å². The number of aliphatic hydroxyl groups is 2. The van der Waals surface area contributed by atoms with Gasteiger partial charge in [0.05, 0.1) is 13.0 Å². The molecule has 1 fully saturated rings. The summed E-state index contributed by atoms with van der Waals surface area (Å²) in [5.74, 6) is 0.0789. The Balaban J connectivity index is 1.45. The molecule has 49 heavy (non-hydrogen) atoms. The number of cyclic esters (lactones) is 1. The van der Waals surface area contributed by atoms with E-state index in [1.807, 2.05) is 70.3 Å². The van der Waals surface area contributed by atoms with Crippen LogP contribution in [0.2, 0.25) is 0 Å². The zero-order valence-corrected chi connectivity index (χ0v) is 30.4. The summed E-state index contributed by atoms with van der Waals surface area (Å²) in [5.41, 5.74) is 1.55. The van der Waals surface area contributed by atoms with Gasteiger partial charge in [-0.15, -0.1) is 0 Å². The smallest absolute Gasteiger partial charge is 0.385 e. The van der Waals surface area contributed by atoms with E-state index in [9.17, 15) is 18.3 Å². The van der Waals surface area contributed by atoms with Crippen LogP contribution in [-0.4, -0.2) is 80.2 Å². The molecular weight excluding hydrogens is 665 g/mol. The van der Waals surface area contributed by atoms with E-state index in [0.29, 0.717) is 55.2 Å². The van der Waals surface area contributed by atoms with Gasteiger partial charge in [-0.3, -0.25) is 0 Å². The largest absolute Gasteiger partial charge is 0.511 e. The van der Waals surface area contributed by atoms with E-state index in [4.69, 9.17) is 18.8 Å². The summed E-state index contributed by atoms with van der Waals surface area (Å²) in [6.07, 6.45) is 1.11. The third-order valence-corrected chi connectivity index (χ3v) is 11.4. The topological polar surface area (TPSA) is 126 Å². The minimum Gasteiger partial charge on any atom is -0.511 e. The summed E-state index contributed by atoms with van der Waals surface area (Å²) in [4.78, 5) is 16.7. The van der Waals surface area contributed by atoms with Gasteiger partial charge >= 0.3 is 16.3 Å². The molecule has 1 atom stereocenters.